The molecule has 1 aromatic heterocycles. The number of aromatic nitrogens is 1. The Morgan fingerprint density at radius 1 is 1.22 bits per heavy atom. The van der Waals surface area contributed by atoms with Crippen LogP contribution in [0.15, 0.2) is 48.8 Å². The Hall–Kier alpha value is -1.58. The Labute approximate surface area is 111 Å². The molecule has 0 amide bonds. The molecule has 0 aliphatic carbocycles. The van der Waals surface area contributed by atoms with Crippen LogP contribution in [0, 0.1) is 0 Å². The Bertz CT molecular complexity index is 530. The molecule has 1 fully saturated rings. The van der Waals surface area contributed by atoms with Crippen LogP contribution < -0.4 is 10.4 Å². The van der Waals surface area contributed by atoms with Crippen LogP contribution in [0.5, 0.6) is 0 Å². The van der Waals surface area contributed by atoms with E-state index in [0.717, 1.165) is 23.7 Å². The summed E-state index contributed by atoms with van der Waals surface area (Å²) in [5.74, 6) is 0. The molecule has 1 aliphatic rings. The highest BCUT2D eigenvalue weighted by Crippen LogP contribution is 2.34. The van der Waals surface area contributed by atoms with E-state index in [1.807, 2.05) is 36.5 Å². The molecule has 1 aromatic carbocycles. The number of hydrazine groups is 1. The van der Waals surface area contributed by atoms with Gasteiger partial charge in [-0.2, -0.15) is 0 Å². The zero-order valence-electron chi connectivity index (χ0n) is 9.88. The first-order valence-corrected chi connectivity index (χ1v) is 6.41. The van der Waals surface area contributed by atoms with Gasteiger partial charge in [0.1, 0.15) is 0 Å². The van der Waals surface area contributed by atoms with Crippen LogP contribution >= 0.6 is 11.6 Å². The molecule has 4 heteroatoms. The number of anilines is 1. The summed E-state index contributed by atoms with van der Waals surface area (Å²) in [7, 11) is 0. The van der Waals surface area contributed by atoms with E-state index >= 15 is 0 Å². The quantitative estimate of drug-likeness (QED) is 0.898. The molecule has 0 spiro atoms. The molecule has 2 aromatic rings. The van der Waals surface area contributed by atoms with Gasteiger partial charge in [-0.3, -0.25) is 9.99 Å². The molecule has 0 bridgehead atoms. The number of rotatable bonds is 2. The Kier molecular flexibility index (Phi) is 3.17. The van der Waals surface area contributed by atoms with E-state index in [2.05, 4.69) is 21.5 Å². The van der Waals surface area contributed by atoms with Gasteiger partial charge in [-0.1, -0.05) is 29.8 Å². The van der Waals surface area contributed by atoms with Crippen molar-refractivity contribution in [3.05, 3.63) is 59.4 Å². The van der Waals surface area contributed by atoms with Crippen molar-refractivity contribution < 1.29 is 0 Å². The summed E-state index contributed by atoms with van der Waals surface area (Å²) in [5.41, 5.74) is 5.61. The van der Waals surface area contributed by atoms with E-state index < -0.39 is 0 Å². The van der Waals surface area contributed by atoms with Gasteiger partial charge in [-0.05, 0) is 30.2 Å². The van der Waals surface area contributed by atoms with Gasteiger partial charge in [0.2, 0.25) is 0 Å². The second kappa shape index (κ2) is 4.96. The number of nitrogens with one attached hydrogen (secondary N) is 1. The lowest BCUT2D eigenvalue weighted by Gasteiger charge is -2.27. The fourth-order valence-electron chi connectivity index (χ4n) is 2.35. The zero-order chi connectivity index (χ0) is 12.4. The minimum atomic E-state index is 0.290. The molecule has 2 heterocycles. The summed E-state index contributed by atoms with van der Waals surface area (Å²) in [6, 6.07) is 12.3. The molecule has 1 aliphatic heterocycles. The standard InChI is InChI=1S/C14H14ClN3/c15-12-5-1-2-6-14(12)18-13(7-9-17-18)11-4-3-8-16-10-11/h1-6,8,10,13,17H,7,9H2. The Morgan fingerprint density at radius 2 is 2.11 bits per heavy atom. The molecular formula is C14H14ClN3. The third-order valence-electron chi connectivity index (χ3n) is 3.19. The van der Waals surface area contributed by atoms with E-state index in [4.69, 9.17) is 11.6 Å². The number of benzene rings is 1. The maximum absolute atomic E-state index is 6.26. The van der Waals surface area contributed by atoms with E-state index in [1.54, 1.807) is 6.20 Å². The molecule has 92 valence electrons. The third-order valence-corrected chi connectivity index (χ3v) is 3.51. The number of pyridine rings is 1. The molecule has 0 radical (unpaired) electrons. The molecule has 0 saturated carbocycles. The SMILES string of the molecule is Clc1ccccc1N1NCCC1c1cccnc1. The van der Waals surface area contributed by atoms with Gasteiger partial charge in [-0.25, -0.2) is 5.43 Å². The smallest absolute Gasteiger partial charge is 0.0732 e. The highest BCUT2D eigenvalue weighted by molar-refractivity contribution is 6.33. The topological polar surface area (TPSA) is 28.2 Å². The van der Waals surface area contributed by atoms with Crippen LogP contribution in [0.1, 0.15) is 18.0 Å². The van der Waals surface area contributed by atoms with Crippen molar-refractivity contribution in [3.8, 4) is 0 Å². The van der Waals surface area contributed by atoms with Crippen molar-refractivity contribution in [3.63, 3.8) is 0 Å². The molecule has 18 heavy (non-hydrogen) atoms. The number of para-hydroxylation sites is 1. The van der Waals surface area contributed by atoms with E-state index in [0.29, 0.717) is 6.04 Å². The minimum absolute atomic E-state index is 0.290. The van der Waals surface area contributed by atoms with Gasteiger partial charge < -0.3 is 0 Å². The minimum Gasteiger partial charge on any atom is -0.299 e. The number of halogens is 1. The maximum atomic E-state index is 6.26. The second-order valence-electron chi connectivity index (χ2n) is 4.32. The maximum Gasteiger partial charge on any atom is 0.0732 e. The first-order valence-electron chi connectivity index (χ1n) is 6.03. The molecule has 1 saturated heterocycles. The van der Waals surface area contributed by atoms with Gasteiger partial charge in [0, 0.05) is 18.9 Å². The first-order chi connectivity index (χ1) is 8.86. The van der Waals surface area contributed by atoms with Gasteiger partial charge in [0.25, 0.3) is 0 Å². The van der Waals surface area contributed by atoms with E-state index in [9.17, 15) is 0 Å². The predicted octanol–water partition coefficient (Wildman–Crippen LogP) is 3.19. The van der Waals surface area contributed by atoms with Gasteiger partial charge in [0.05, 0.1) is 16.8 Å². The van der Waals surface area contributed by atoms with Crippen molar-refractivity contribution in [1.82, 2.24) is 10.4 Å². The Balaban J connectivity index is 1.95. The van der Waals surface area contributed by atoms with Crippen LogP contribution in [-0.4, -0.2) is 11.5 Å². The first kappa shape index (κ1) is 11.5. The van der Waals surface area contributed by atoms with Crippen LogP contribution in [-0.2, 0) is 0 Å². The van der Waals surface area contributed by atoms with E-state index in [1.165, 1.54) is 5.56 Å². The molecule has 1 N–H and O–H groups in total. The third kappa shape index (κ3) is 2.07. The molecule has 1 atom stereocenters. The normalized spacial score (nSPS) is 19.2. The largest absolute Gasteiger partial charge is 0.299 e. The predicted molar refractivity (Wildman–Crippen MR) is 73.5 cm³/mol. The monoisotopic (exact) mass is 259 g/mol. The van der Waals surface area contributed by atoms with Crippen LogP contribution in [0.25, 0.3) is 0 Å². The molecular weight excluding hydrogens is 246 g/mol. The summed E-state index contributed by atoms with van der Waals surface area (Å²) in [4.78, 5) is 4.19. The summed E-state index contributed by atoms with van der Waals surface area (Å²) < 4.78 is 0. The molecule has 1 unspecified atom stereocenters. The van der Waals surface area contributed by atoms with Gasteiger partial charge in [-0.15, -0.1) is 0 Å². The van der Waals surface area contributed by atoms with E-state index in [-0.39, 0.29) is 0 Å². The van der Waals surface area contributed by atoms with Crippen LogP contribution in [0.4, 0.5) is 5.69 Å². The van der Waals surface area contributed by atoms with Gasteiger partial charge in [0.15, 0.2) is 0 Å². The lowest BCUT2D eigenvalue weighted by Crippen LogP contribution is -2.33. The van der Waals surface area contributed by atoms with Crippen LogP contribution in [0.2, 0.25) is 5.02 Å². The fraction of sp³-hybridized carbons (Fsp3) is 0.214. The average Bonchev–Trinajstić information content (AvgIpc) is 2.89. The number of hydrogen-bond donors (Lipinski definition) is 1. The van der Waals surface area contributed by atoms with Crippen molar-refractivity contribution in [2.24, 2.45) is 0 Å². The molecule has 3 rings (SSSR count). The number of nitrogens with zero attached hydrogens (tertiary/aromatic N) is 2. The fourth-order valence-corrected chi connectivity index (χ4v) is 2.58. The van der Waals surface area contributed by atoms with Gasteiger partial charge >= 0.3 is 0 Å². The summed E-state index contributed by atoms with van der Waals surface area (Å²) in [6.45, 7) is 0.949. The summed E-state index contributed by atoms with van der Waals surface area (Å²) in [6.07, 6.45) is 4.77. The summed E-state index contributed by atoms with van der Waals surface area (Å²) >= 11 is 6.26. The van der Waals surface area contributed by atoms with Crippen molar-refractivity contribution in [2.75, 3.05) is 11.6 Å². The highest BCUT2D eigenvalue weighted by atomic mass is 35.5. The van der Waals surface area contributed by atoms with Crippen molar-refractivity contribution in [2.45, 2.75) is 12.5 Å². The second-order valence-corrected chi connectivity index (χ2v) is 4.73. The average molecular weight is 260 g/mol. The number of hydrogen-bond acceptors (Lipinski definition) is 3. The lowest BCUT2D eigenvalue weighted by molar-refractivity contribution is 0.681. The molecule has 3 nitrogen and oxygen atoms in total. The van der Waals surface area contributed by atoms with Crippen LogP contribution in [0.3, 0.4) is 0 Å². The van der Waals surface area contributed by atoms with Crippen molar-refractivity contribution >= 4 is 17.3 Å². The van der Waals surface area contributed by atoms with Crippen molar-refractivity contribution in [1.29, 1.82) is 0 Å². The summed E-state index contributed by atoms with van der Waals surface area (Å²) in [5, 5.41) is 2.90. The Morgan fingerprint density at radius 3 is 2.89 bits per heavy atom. The lowest BCUT2D eigenvalue weighted by atomic mass is 10.1. The highest BCUT2D eigenvalue weighted by Gasteiger charge is 2.27. The zero-order valence-corrected chi connectivity index (χ0v) is 10.6.